The van der Waals surface area contributed by atoms with Crippen LogP contribution in [0, 0.1) is 0 Å². The Morgan fingerprint density at radius 3 is 2.85 bits per heavy atom. The van der Waals surface area contributed by atoms with Crippen LogP contribution in [0.15, 0.2) is 48.9 Å². The average Bonchev–Trinajstić information content (AvgIpc) is 3.06. The van der Waals surface area contributed by atoms with Gasteiger partial charge in [-0.25, -0.2) is 4.98 Å². The van der Waals surface area contributed by atoms with Gasteiger partial charge in [-0.1, -0.05) is 0 Å². The predicted molar refractivity (Wildman–Crippen MR) is 110 cm³/mol. The molecule has 0 spiro atoms. The molecule has 0 bridgehead atoms. The van der Waals surface area contributed by atoms with Gasteiger partial charge in [0.05, 0.1) is 5.69 Å². The molecule has 1 unspecified atom stereocenters. The molecule has 1 saturated heterocycles. The van der Waals surface area contributed by atoms with Crippen molar-refractivity contribution in [2.45, 2.75) is 45.2 Å². The van der Waals surface area contributed by atoms with Gasteiger partial charge < -0.3 is 9.47 Å². The summed E-state index contributed by atoms with van der Waals surface area (Å²) >= 11 is 0. The van der Waals surface area contributed by atoms with Gasteiger partial charge in [-0.2, -0.15) is 0 Å². The molecule has 0 N–H and O–H groups in total. The molecule has 1 fully saturated rings. The largest absolute Gasteiger partial charge is 0.340 e. The van der Waals surface area contributed by atoms with E-state index in [9.17, 15) is 4.79 Å². The summed E-state index contributed by atoms with van der Waals surface area (Å²) in [5.74, 6) is 0.243. The highest BCUT2D eigenvalue weighted by Gasteiger charge is 2.23. The van der Waals surface area contributed by atoms with E-state index >= 15 is 0 Å². The average molecular weight is 385 g/mol. The lowest BCUT2D eigenvalue weighted by Crippen LogP contribution is -2.42. The quantitative estimate of drug-likeness (QED) is 0.673. The van der Waals surface area contributed by atoms with E-state index < -0.39 is 0 Å². The van der Waals surface area contributed by atoms with Crippen LogP contribution in [0.1, 0.15) is 32.6 Å². The van der Waals surface area contributed by atoms with E-state index in [4.69, 9.17) is 0 Å². The summed E-state index contributed by atoms with van der Waals surface area (Å²) in [7, 11) is 0. The number of hydrogen-bond donors (Lipinski definition) is 0. The maximum atomic E-state index is 12.8. The number of carbonyl (C=O) groups excluding carboxylic acids is 1. The van der Waals surface area contributed by atoms with Crippen LogP contribution in [0.5, 0.6) is 0 Å². The number of piperidine rings is 1. The minimum atomic E-state index is 0. The lowest BCUT2D eigenvalue weighted by Gasteiger charge is -2.33. The van der Waals surface area contributed by atoms with Crippen molar-refractivity contribution in [3.63, 3.8) is 0 Å². The van der Waals surface area contributed by atoms with Gasteiger partial charge in [-0.3, -0.25) is 9.78 Å². The molecule has 3 aromatic rings. The molecule has 0 radical (unpaired) electrons. The van der Waals surface area contributed by atoms with Crippen molar-refractivity contribution in [1.29, 1.82) is 0 Å². The number of amides is 1. The van der Waals surface area contributed by atoms with E-state index in [-0.39, 0.29) is 18.3 Å². The molecule has 1 aliphatic rings. The van der Waals surface area contributed by atoms with Crippen molar-refractivity contribution < 1.29 is 4.79 Å². The zero-order valence-corrected chi connectivity index (χ0v) is 16.4. The molecular formula is C21H25ClN4O. The molecular weight excluding hydrogens is 360 g/mol. The molecule has 3 aromatic heterocycles. The molecule has 4 heterocycles. The highest BCUT2D eigenvalue weighted by atomic mass is 35.5. The van der Waals surface area contributed by atoms with Gasteiger partial charge in [0.25, 0.3) is 0 Å². The van der Waals surface area contributed by atoms with Crippen LogP contribution in [0.3, 0.4) is 0 Å². The molecule has 5 nitrogen and oxygen atoms in total. The van der Waals surface area contributed by atoms with Crippen molar-refractivity contribution in [3.05, 3.63) is 48.9 Å². The maximum Gasteiger partial charge on any atom is 0.224 e. The van der Waals surface area contributed by atoms with E-state index in [0.717, 1.165) is 41.7 Å². The first kappa shape index (κ1) is 19.4. The lowest BCUT2D eigenvalue weighted by molar-refractivity contribution is -0.134. The molecule has 0 saturated carbocycles. The van der Waals surface area contributed by atoms with E-state index in [1.165, 1.54) is 6.42 Å². The summed E-state index contributed by atoms with van der Waals surface area (Å²) in [4.78, 5) is 23.6. The number of likely N-dealkylation sites (tertiary alicyclic amines) is 1. The molecule has 1 amide bonds. The Balaban J connectivity index is 0.00000210. The van der Waals surface area contributed by atoms with Gasteiger partial charge in [0, 0.05) is 55.1 Å². The van der Waals surface area contributed by atoms with Gasteiger partial charge in [0.15, 0.2) is 0 Å². The molecule has 142 valence electrons. The van der Waals surface area contributed by atoms with Crippen LogP contribution in [-0.2, 0) is 11.3 Å². The normalized spacial score (nSPS) is 16.9. The fourth-order valence-corrected chi connectivity index (χ4v) is 3.89. The molecule has 0 aromatic carbocycles. The Bertz CT molecular complexity index is 909. The minimum absolute atomic E-state index is 0. The standard InChI is InChI=1S/C21H24N4O.ClH/c1-16-6-2-3-12-24(16)20(26)9-13-25-19(18-8-4-10-22-15-18)14-17-7-5-11-23-21(17)25;/h4-5,7-8,10-11,14-16H,2-3,6,9,12-13H2,1H3;1H. The Labute approximate surface area is 165 Å². The second-order valence-electron chi connectivity index (χ2n) is 7.02. The Kier molecular flexibility index (Phi) is 6.11. The maximum absolute atomic E-state index is 12.8. The van der Waals surface area contributed by atoms with Gasteiger partial charge in [-0.15, -0.1) is 12.4 Å². The van der Waals surface area contributed by atoms with E-state index in [0.29, 0.717) is 19.0 Å². The first-order valence-corrected chi connectivity index (χ1v) is 9.38. The van der Waals surface area contributed by atoms with Gasteiger partial charge >= 0.3 is 0 Å². The summed E-state index contributed by atoms with van der Waals surface area (Å²) in [5, 5.41) is 1.09. The van der Waals surface area contributed by atoms with Crippen LogP contribution in [0.2, 0.25) is 0 Å². The van der Waals surface area contributed by atoms with Crippen LogP contribution < -0.4 is 0 Å². The Hall–Kier alpha value is -2.40. The summed E-state index contributed by atoms with van der Waals surface area (Å²) in [6.45, 7) is 3.68. The summed E-state index contributed by atoms with van der Waals surface area (Å²) in [5.41, 5.74) is 3.03. The van der Waals surface area contributed by atoms with Crippen LogP contribution in [0.4, 0.5) is 0 Å². The zero-order valence-electron chi connectivity index (χ0n) is 15.5. The monoisotopic (exact) mass is 384 g/mol. The Morgan fingerprint density at radius 2 is 2.07 bits per heavy atom. The van der Waals surface area contributed by atoms with Crippen molar-refractivity contribution in [3.8, 4) is 11.3 Å². The van der Waals surface area contributed by atoms with Crippen LogP contribution in [-0.4, -0.2) is 37.9 Å². The number of aromatic nitrogens is 3. The second-order valence-corrected chi connectivity index (χ2v) is 7.02. The lowest BCUT2D eigenvalue weighted by atomic mass is 10.0. The van der Waals surface area contributed by atoms with Crippen LogP contribution >= 0.6 is 12.4 Å². The third-order valence-electron chi connectivity index (χ3n) is 5.29. The van der Waals surface area contributed by atoms with Crippen LogP contribution in [0.25, 0.3) is 22.3 Å². The first-order valence-electron chi connectivity index (χ1n) is 9.38. The molecule has 1 atom stereocenters. The summed E-state index contributed by atoms with van der Waals surface area (Å²) in [6.07, 6.45) is 9.39. The van der Waals surface area contributed by atoms with Crippen molar-refractivity contribution >= 4 is 29.3 Å². The number of fused-ring (bicyclic) bond motifs is 1. The minimum Gasteiger partial charge on any atom is -0.340 e. The SMILES string of the molecule is CC1CCCCN1C(=O)CCn1c(-c2cccnc2)cc2cccnc21.Cl. The van der Waals surface area contributed by atoms with Crippen molar-refractivity contribution in [2.24, 2.45) is 0 Å². The third-order valence-corrected chi connectivity index (χ3v) is 5.29. The fourth-order valence-electron chi connectivity index (χ4n) is 3.89. The van der Waals surface area contributed by atoms with Gasteiger partial charge in [0.2, 0.25) is 5.91 Å². The molecule has 6 heteroatoms. The fraction of sp³-hybridized carbons (Fsp3) is 0.381. The number of pyridine rings is 2. The number of carbonyl (C=O) groups is 1. The molecule has 1 aliphatic heterocycles. The van der Waals surface area contributed by atoms with E-state index in [2.05, 4.69) is 33.6 Å². The smallest absolute Gasteiger partial charge is 0.224 e. The second kappa shape index (κ2) is 8.53. The summed E-state index contributed by atoms with van der Waals surface area (Å²) < 4.78 is 2.15. The first-order chi connectivity index (χ1) is 12.7. The molecule has 0 aliphatic carbocycles. The number of nitrogens with zero attached hydrogens (tertiary/aromatic N) is 4. The summed E-state index contributed by atoms with van der Waals surface area (Å²) in [6, 6.07) is 10.5. The topological polar surface area (TPSA) is 51.0 Å². The van der Waals surface area contributed by atoms with Crippen molar-refractivity contribution in [1.82, 2.24) is 19.4 Å². The van der Waals surface area contributed by atoms with E-state index in [1.807, 2.05) is 29.3 Å². The number of halogens is 1. The Morgan fingerprint density at radius 1 is 1.22 bits per heavy atom. The van der Waals surface area contributed by atoms with Gasteiger partial charge in [0.1, 0.15) is 5.65 Å². The highest BCUT2D eigenvalue weighted by Crippen LogP contribution is 2.27. The zero-order chi connectivity index (χ0) is 17.9. The third kappa shape index (κ3) is 3.98. The molecule has 4 rings (SSSR count). The van der Waals surface area contributed by atoms with Crippen molar-refractivity contribution in [2.75, 3.05) is 6.54 Å². The van der Waals surface area contributed by atoms with Gasteiger partial charge in [-0.05, 0) is 56.5 Å². The number of rotatable bonds is 4. The predicted octanol–water partition coefficient (Wildman–Crippen LogP) is 4.31. The number of aryl methyl sites for hydroxylation is 1. The molecule has 27 heavy (non-hydrogen) atoms. The van der Waals surface area contributed by atoms with E-state index in [1.54, 1.807) is 12.4 Å². The number of hydrogen-bond acceptors (Lipinski definition) is 3. The highest BCUT2D eigenvalue weighted by molar-refractivity contribution is 5.85.